The van der Waals surface area contributed by atoms with Gasteiger partial charge in [0.1, 0.15) is 5.82 Å². The quantitative estimate of drug-likeness (QED) is 0.523. The molecule has 0 saturated carbocycles. The Balaban J connectivity index is 1.89. The fourth-order valence-electron chi connectivity index (χ4n) is 2.61. The summed E-state index contributed by atoms with van der Waals surface area (Å²) in [6, 6.07) is 22.6. The maximum atomic E-state index is 13.8. The van der Waals surface area contributed by atoms with E-state index in [0.29, 0.717) is 5.71 Å². The lowest BCUT2D eigenvalue weighted by Gasteiger charge is -2.09. The first-order chi connectivity index (χ1) is 13.5. The summed E-state index contributed by atoms with van der Waals surface area (Å²) in [6.07, 6.45) is 0. The summed E-state index contributed by atoms with van der Waals surface area (Å²) in [6.45, 7) is 1.27. The second kappa shape index (κ2) is 8.73. The van der Waals surface area contributed by atoms with E-state index in [1.807, 2.05) is 60.7 Å². The highest BCUT2D eigenvalue weighted by atomic mass is 19.1. The number of benzene rings is 3. The number of nitrogens with zero attached hydrogens (tertiary/aromatic N) is 1. The second-order valence-electron chi connectivity index (χ2n) is 6.01. The Morgan fingerprint density at radius 3 is 1.93 bits per heavy atom. The normalized spacial score (nSPS) is 10.1. The van der Waals surface area contributed by atoms with Gasteiger partial charge in [0.25, 0.3) is 5.91 Å². The van der Waals surface area contributed by atoms with Crippen LogP contribution in [-0.2, 0) is 4.79 Å². The van der Waals surface area contributed by atoms with Gasteiger partial charge in [0.2, 0.25) is 5.91 Å². The highest BCUT2D eigenvalue weighted by Gasteiger charge is 2.12. The highest BCUT2D eigenvalue weighted by molar-refractivity contribution is 6.13. The Hall–Kier alpha value is -3.80. The Morgan fingerprint density at radius 2 is 1.39 bits per heavy atom. The van der Waals surface area contributed by atoms with Crippen LogP contribution in [0.5, 0.6) is 0 Å². The fraction of sp³-hybridized carbons (Fsp3) is 0.0455. The van der Waals surface area contributed by atoms with Gasteiger partial charge < -0.3 is 5.32 Å². The van der Waals surface area contributed by atoms with Crippen LogP contribution in [0, 0.1) is 5.82 Å². The minimum atomic E-state index is -0.621. The molecule has 3 aromatic rings. The topological polar surface area (TPSA) is 70.6 Å². The molecule has 3 aromatic carbocycles. The molecule has 3 rings (SSSR count). The molecular weight excluding hydrogens is 357 g/mol. The van der Waals surface area contributed by atoms with Gasteiger partial charge in [-0.1, -0.05) is 60.7 Å². The number of anilines is 1. The van der Waals surface area contributed by atoms with Crippen LogP contribution in [0.2, 0.25) is 0 Å². The number of rotatable bonds is 5. The molecule has 0 unspecified atom stereocenters. The van der Waals surface area contributed by atoms with Crippen molar-refractivity contribution < 1.29 is 14.0 Å². The van der Waals surface area contributed by atoms with Crippen molar-refractivity contribution in [2.75, 3.05) is 5.32 Å². The van der Waals surface area contributed by atoms with Crippen LogP contribution in [0.1, 0.15) is 28.4 Å². The molecule has 0 aromatic heterocycles. The van der Waals surface area contributed by atoms with Crippen LogP contribution < -0.4 is 10.7 Å². The zero-order valence-electron chi connectivity index (χ0n) is 15.1. The number of amides is 2. The Labute approximate surface area is 161 Å². The molecule has 0 fully saturated rings. The molecule has 28 heavy (non-hydrogen) atoms. The number of carbonyl (C=O) groups is 2. The maximum absolute atomic E-state index is 13.8. The van der Waals surface area contributed by atoms with Crippen molar-refractivity contribution >= 4 is 23.2 Å². The largest absolute Gasteiger partial charge is 0.324 e. The number of hydrogen-bond donors (Lipinski definition) is 2. The molecule has 2 amide bonds. The molecule has 0 aliphatic heterocycles. The average molecular weight is 375 g/mol. The zero-order chi connectivity index (χ0) is 19.9. The smallest absolute Gasteiger partial charge is 0.271 e. The lowest BCUT2D eigenvalue weighted by molar-refractivity contribution is -0.114. The van der Waals surface area contributed by atoms with Crippen LogP contribution in [-0.4, -0.2) is 17.5 Å². The van der Waals surface area contributed by atoms with E-state index in [9.17, 15) is 14.0 Å². The summed E-state index contributed by atoms with van der Waals surface area (Å²) < 4.78 is 13.8. The van der Waals surface area contributed by atoms with Crippen molar-refractivity contribution in [2.45, 2.75) is 6.92 Å². The van der Waals surface area contributed by atoms with Crippen molar-refractivity contribution in [3.63, 3.8) is 0 Å². The molecule has 0 spiro atoms. The van der Waals surface area contributed by atoms with E-state index in [-0.39, 0.29) is 11.3 Å². The number of carbonyl (C=O) groups excluding carboxylic acids is 2. The SMILES string of the molecule is CC(=O)Nc1cc(C(=O)NN=C(c2ccccc2)c2ccccc2)ccc1F. The van der Waals surface area contributed by atoms with Crippen molar-refractivity contribution in [1.29, 1.82) is 0 Å². The van der Waals surface area contributed by atoms with Crippen LogP contribution in [0.15, 0.2) is 84.0 Å². The van der Waals surface area contributed by atoms with Crippen LogP contribution in [0.25, 0.3) is 0 Å². The van der Waals surface area contributed by atoms with Crippen molar-refractivity contribution in [3.8, 4) is 0 Å². The number of hydrogen-bond acceptors (Lipinski definition) is 3. The highest BCUT2D eigenvalue weighted by Crippen LogP contribution is 2.16. The van der Waals surface area contributed by atoms with Gasteiger partial charge >= 0.3 is 0 Å². The van der Waals surface area contributed by atoms with Gasteiger partial charge in [-0.15, -0.1) is 0 Å². The molecule has 0 heterocycles. The average Bonchev–Trinajstić information content (AvgIpc) is 2.71. The first-order valence-corrected chi connectivity index (χ1v) is 8.60. The molecule has 0 saturated heterocycles. The lowest BCUT2D eigenvalue weighted by Crippen LogP contribution is -2.21. The molecule has 5 nitrogen and oxygen atoms in total. The van der Waals surface area contributed by atoms with Crippen molar-refractivity contribution in [1.82, 2.24) is 5.43 Å². The monoisotopic (exact) mass is 375 g/mol. The van der Waals surface area contributed by atoms with E-state index in [4.69, 9.17) is 0 Å². The third-order valence-corrected chi connectivity index (χ3v) is 3.90. The summed E-state index contributed by atoms with van der Waals surface area (Å²) in [4.78, 5) is 23.7. The molecule has 0 aliphatic carbocycles. The first-order valence-electron chi connectivity index (χ1n) is 8.60. The molecular formula is C22H18FN3O2. The van der Waals surface area contributed by atoms with Gasteiger partial charge in [-0.2, -0.15) is 5.10 Å². The standard InChI is InChI=1S/C22H18FN3O2/c1-15(27)24-20-14-18(12-13-19(20)23)22(28)26-25-21(16-8-4-2-5-9-16)17-10-6-3-7-11-17/h2-14H,1H3,(H,24,27)(H,26,28). The lowest BCUT2D eigenvalue weighted by atomic mass is 10.0. The third-order valence-electron chi connectivity index (χ3n) is 3.90. The summed E-state index contributed by atoms with van der Waals surface area (Å²) in [5.74, 6) is -1.56. The number of nitrogens with one attached hydrogen (secondary N) is 2. The molecule has 2 N–H and O–H groups in total. The van der Waals surface area contributed by atoms with Crippen molar-refractivity contribution in [3.05, 3.63) is 101 Å². The predicted molar refractivity (Wildman–Crippen MR) is 107 cm³/mol. The summed E-state index contributed by atoms with van der Waals surface area (Å²) >= 11 is 0. The van der Waals surface area contributed by atoms with Crippen LogP contribution in [0.4, 0.5) is 10.1 Å². The number of hydrazone groups is 1. The Kier molecular flexibility index (Phi) is 5.91. The summed E-state index contributed by atoms with van der Waals surface area (Å²) in [5, 5.41) is 6.64. The number of halogens is 1. The zero-order valence-corrected chi connectivity index (χ0v) is 15.1. The van der Waals surface area contributed by atoms with Gasteiger partial charge in [0.15, 0.2) is 0 Å². The van der Waals surface area contributed by atoms with Crippen LogP contribution in [0.3, 0.4) is 0 Å². The minimum Gasteiger partial charge on any atom is -0.324 e. The molecule has 0 bridgehead atoms. The van der Waals surface area contributed by atoms with Gasteiger partial charge in [-0.3, -0.25) is 9.59 Å². The summed E-state index contributed by atoms with van der Waals surface area (Å²) in [7, 11) is 0. The Morgan fingerprint density at radius 1 is 0.821 bits per heavy atom. The fourth-order valence-corrected chi connectivity index (χ4v) is 2.61. The molecule has 140 valence electrons. The van der Waals surface area contributed by atoms with E-state index >= 15 is 0 Å². The minimum absolute atomic E-state index is 0.0597. The Bertz CT molecular complexity index is 977. The van der Waals surface area contributed by atoms with Crippen LogP contribution >= 0.6 is 0 Å². The second-order valence-corrected chi connectivity index (χ2v) is 6.01. The maximum Gasteiger partial charge on any atom is 0.271 e. The van der Waals surface area contributed by atoms with Crippen molar-refractivity contribution in [2.24, 2.45) is 5.10 Å². The van der Waals surface area contributed by atoms with E-state index < -0.39 is 17.6 Å². The summed E-state index contributed by atoms with van der Waals surface area (Å²) in [5.41, 5.74) is 4.90. The van der Waals surface area contributed by atoms with Gasteiger partial charge in [-0.05, 0) is 18.2 Å². The van der Waals surface area contributed by atoms with E-state index in [1.165, 1.54) is 19.1 Å². The van der Waals surface area contributed by atoms with Gasteiger partial charge in [-0.25, -0.2) is 9.82 Å². The third kappa shape index (κ3) is 4.67. The van der Waals surface area contributed by atoms with Gasteiger partial charge in [0, 0.05) is 23.6 Å². The van der Waals surface area contributed by atoms with E-state index in [1.54, 1.807) is 0 Å². The molecule has 6 heteroatoms. The first kappa shape index (κ1) is 19.0. The van der Waals surface area contributed by atoms with E-state index in [0.717, 1.165) is 17.2 Å². The molecule has 0 aliphatic rings. The predicted octanol–water partition coefficient (Wildman–Crippen LogP) is 3.97. The van der Waals surface area contributed by atoms with E-state index in [2.05, 4.69) is 15.8 Å². The molecule has 0 atom stereocenters. The van der Waals surface area contributed by atoms with Gasteiger partial charge in [0.05, 0.1) is 11.4 Å². The molecule has 0 radical (unpaired) electrons.